The minimum Gasteiger partial charge on any atom is -0.454 e. The molecule has 0 aromatic heterocycles. The maximum atomic E-state index is 13.5. The Morgan fingerprint density at radius 2 is 1.56 bits per heavy atom. The molecule has 0 saturated heterocycles. The van der Waals surface area contributed by atoms with Crippen molar-refractivity contribution < 1.29 is 9.13 Å². The molecule has 1 nitrogen and oxygen atoms in total. The van der Waals surface area contributed by atoms with Gasteiger partial charge in [-0.25, -0.2) is 4.39 Å². The Labute approximate surface area is 108 Å². The molecule has 0 heterocycles. The van der Waals surface area contributed by atoms with Crippen LogP contribution in [-0.2, 0) is 0 Å². The summed E-state index contributed by atoms with van der Waals surface area (Å²) in [7, 11) is 0. The molecule has 96 valence electrons. The fraction of sp³-hybridized carbons (Fsp3) is 0.250. The molecule has 0 fully saturated rings. The Hall–Kier alpha value is -1.83. The van der Waals surface area contributed by atoms with Crippen LogP contribution >= 0.6 is 0 Å². The maximum absolute atomic E-state index is 13.5. The molecule has 0 saturated carbocycles. The van der Waals surface area contributed by atoms with E-state index in [9.17, 15) is 4.39 Å². The predicted molar refractivity (Wildman–Crippen MR) is 73.7 cm³/mol. The largest absolute Gasteiger partial charge is 0.454 e. The van der Waals surface area contributed by atoms with E-state index >= 15 is 0 Å². The number of hydrogen-bond donors (Lipinski definition) is 0. The van der Waals surface area contributed by atoms with E-state index in [2.05, 4.69) is 0 Å². The van der Waals surface area contributed by atoms with E-state index < -0.39 is 0 Å². The van der Waals surface area contributed by atoms with Crippen molar-refractivity contribution in [3.63, 3.8) is 0 Å². The van der Waals surface area contributed by atoms with Gasteiger partial charge in [0.1, 0.15) is 5.75 Å². The third kappa shape index (κ3) is 3.88. The molecule has 0 unspecified atom stereocenters. The smallest absolute Gasteiger partial charge is 0.165 e. The highest BCUT2D eigenvalue weighted by Gasteiger charge is 2.04. The van der Waals surface area contributed by atoms with Gasteiger partial charge in [0, 0.05) is 0 Å². The summed E-state index contributed by atoms with van der Waals surface area (Å²) in [5.41, 5.74) is 1.97. The summed E-state index contributed by atoms with van der Waals surface area (Å²) in [6, 6.07) is 12.5. The van der Waals surface area contributed by atoms with Gasteiger partial charge < -0.3 is 4.74 Å². The first-order chi connectivity index (χ1) is 8.65. The number of rotatable bonds is 2. The van der Waals surface area contributed by atoms with Crippen LogP contribution in [0.5, 0.6) is 11.5 Å². The highest BCUT2D eigenvalue weighted by atomic mass is 19.1. The number of benzene rings is 2. The highest BCUT2D eigenvalue weighted by Crippen LogP contribution is 2.25. The zero-order valence-corrected chi connectivity index (χ0v) is 11.3. The number of ether oxygens (including phenoxy) is 1. The Kier molecular flexibility index (Phi) is 5.37. The molecule has 2 aromatic rings. The van der Waals surface area contributed by atoms with Crippen molar-refractivity contribution in [1.29, 1.82) is 0 Å². The summed E-state index contributed by atoms with van der Waals surface area (Å²) in [5, 5.41) is 0. The standard InChI is InChI=1S/C14H13FO.C2H6/c1-10-4-3-5-12(8-10)16-14-7-6-11(2)9-13(14)15;1-2/h3-9H,1-2H3;1-2H3. The van der Waals surface area contributed by atoms with Crippen LogP contribution < -0.4 is 4.74 Å². The maximum Gasteiger partial charge on any atom is 0.165 e. The number of halogens is 1. The van der Waals surface area contributed by atoms with Gasteiger partial charge in [-0.15, -0.1) is 0 Å². The molecule has 2 heteroatoms. The quantitative estimate of drug-likeness (QED) is 0.702. The van der Waals surface area contributed by atoms with E-state index in [4.69, 9.17) is 4.74 Å². The lowest BCUT2D eigenvalue weighted by Crippen LogP contribution is -1.89. The van der Waals surface area contributed by atoms with Gasteiger partial charge in [0.15, 0.2) is 11.6 Å². The predicted octanol–water partition coefficient (Wildman–Crippen LogP) is 5.26. The fourth-order valence-corrected chi connectivity index (χ4v) is 1.49. The van der Waals surface area contributed by atoms with E-state index in [0.29, 0.717) is 5.75 Å². The summed E-state index contributed by atoms with van der Waals surface area (Å²) in [4.78, 5) is 0. The van der Waals surface area contributed by atoms with E-state index in [-0.39, 0.29) is 11.6 Å². The summed E-state index contributed by atoms with van der Waals surface area (Å²) >= 11 is 0. The third-order valence-corrected chi connectivity index (χ3v) is 2.30. The van der Waals surface area contributed by atoms with Gasteiger partial charge in [-0.1, -0.05) is 32.0 Å². The van der Waals surface area contributed by atoms with Crippen LogP contribution in [0.4, 0.5) is 4.39 Å². The molecule has 0 bridgehead atoms. The molecule has 2 rings (SSSR count). The molecule has 0 N–H and O–H groups in total. The van der Waals surface area contributed by atoms with Gasteiger partial charge in [-0.3, -0.25) is 0 Å². The van der Waals surface area contributed by atoms with Crippen LogP contribution in [0.2, 0.25) is 0 Å². The second-order valence-corrected chi connectivity index (χ2v) is 3.85. The van der Waals surface area contributed by atoms with Crippen LogP contribution in [0.15, 0.2) is 42.5 Å². The van der Waals surface area contributed by atoms with Crippen molar-refractivity contribution in [2.75, 3.05) is 0 Å². The summed E-state index contributed by atoms with van der Waals surface area (Å²) in [5.74, 6) is 0.584. The minimum absolute atomic E-state index is 0.260. The van der Waals surface area contributed by atoms with Crippen molar-refractivity contribution in [1.82, 2.24) is 0 Å². The second kappa shape index (κ2) is 6.80. The molecular weight excluding hydrogens is 227 g/mol. The average Bonchev–Trinajstić information content (AvgIpc) is 2.35. The van der Waals surface area contributed by atoms with Crippen molar-refractivity contribution in [2.45, 2.75) is 27.7 Å². The van der Waals surface area contributed by atoms with Crippen molar-refractivity contribution >= 4 is 0 Å². The van der Waals surface area contributed by atoms with Gasteiger partial charge in [0.2, 0.25) is 0 Å². The van der Waals surface area contributed by atoms with Gasteiger partial charge in [-0.2, -0.15) is 0 Å². The van der Waals surface area contributed by atoms with Crippen molar-refractivity contribution in [2.24, 2.45) is 0 Å². The van der Waals surface area contributed by atoms with Crippen molar-refractivity contribution in [3.8, 4) is 11.5 Å². The monoisotopic (exact) mass is 246 g/mol. The molecule has 0 radical (unpaired) electrons. The van der Waals surface area contributed by atoms with Gasteiger partial charge >= 0.3 is 0 Å². The first kappa shape index (κ1) is 14.2. The summed E-state index contributed by atoms with van der Waals surface area (Å²) in [6.45, 7) is 7.82. The first-order valence-corrected chi connectivity index (χ1v) is 6.16. The van der Waals surface area contributed by atoms with Crippen molar-refractivity contribution in [3.05, 3.63) is 59.4 Å². The Balaban J connectivity index is 0.000000771. The van der Waals surface area contributed by atoms with Crippen LogP contribution in [0.1, 0.15) is 25.0 Å². The summed E-state index contributed by atoms with van der Waals surface area (Å²) in [6.07, 6.45) is 0. The van der Waals surface area contributed by atoms with Gasteiger partial charge in [-0.05, 0) is 49.2 Å². The second-order valence-electron chi connectivity index (χ2n) is 3.85. The summed E-state index contributed by atoms with van der Waals surface area (Å²) < 4.78 is 19.0. The molecule has 2 aromatic carbocycles. The topological polar surface area (TPSA) is 9.23 Å². The molecule has 0 atom stereocenters. The van der Waals surface area contributed by atoms with Gasteiger partial charge in [0.25, 0.3) is 0 Å². The van der Waals surface area contributed by atoms with Crippen LogP contribution in [0, 0.1) is 19.7 Å². The molecule has 18 heavy (non-hydrogen) atoms. The van der Waals surface area contributed by atoms with Crippen LogP contribution in [-0.4, -0.2) is 0 Å². The number of aryl methyl sites for hydroxylation is 2. The molecule has 0 spiro atoms. The lowest BCUT2D eigenvalue weighted by atomic mass is 10.2. The fourth-order valence-electron chi connectivity index (χ4n) is 1.49. The lowest BCUT2D eigenvalue weighted by Gasteiger charge is -2.07. The first-order valence-electron chi connectivity index (χ1n) is 6.16. The van der Waals surface area contributed by atoms with E-state index in [1.807, 2.05) is 58.0 Å². The zero-order chi connectivity index (χ0) is 13.5. The third-order valence-electron chi connectivity index (χ3n) is 2.30. The molecular formula is C16H19FO. The van der Waals surface area contributed by atoms with E-state index in [0.717, 1.165) is 11.1 Å². The lowest BCUT2D eigenvalue weighted by molar-refractivity contribution is 0.441. The molecule has 0 amide bonds. The molecule has 0 aliphatic rings. The Bertz CT molecular complexity index is 506. The molecule has 0 aliphatic heterocycles. The Morgan fingerprint density at radius 1 is 0.889 bits per heavy atom. The van der Waals surface area contributed by atoms with Crippen LogP contribution in [0.3, 0.4) is 0 Å². The molecule has 0 aliphatic carbocycles. The minimum atomic E-state index is -0.332. The number of hydrogen-bond acceptors (Lipinski definition) is 1. The highest BCUT2D eigenvalue weighted by molar-refractivity contribution is 5.35. The SMILES string of the molecule is CC.Cc1cccc(Oc2ccc(C)cc2F)c1. The van der Waals surface area contributed by atoms with Gasteiger partial charge in [0.05, 0.1) is 0 Å². The Morgan fingerprint density at radius 3 is 2.17 bits per heavy atom. The van der Waals surface area contributed by atoms with Crippen LogP contribution in [0.25, 0.3) is 0 Å². The normalized spacial score (nSPS) is 9.39. The van der Waals surface area contributed by atoms with E-state index in [1.54, 1.807) is 6.07 Å². The van der Waals surface area contributed by atoms with E-state index in [1.165, 1.54) is 6.07 Å². The zero-order valence-electron chi connectivity index (χ0n) is 11.3. The average molecular weight is 246 g/mol.